The van der Waals surface area contributed by atoms with Crippen LogP contribution in [0.3, 0.4) is 0 Å². The third-order valence-electron chi connectivity index (χ3n) is 3.67. The van der Waals surface area contributed by atoms with Crippen molar-refractivity contribution in [2.24, 2.45) is 4.99 Å². The van der Waals surface area contributed by atoms with E-state index in [1.54, 1.807) is 0 Å². The normalized spacial score (nSPS) is 16.7. The fourth-order valence-corrected chi connectivity index (χ4v) is 2.64. The molecule has 0 amide bonds. The van der Waals surface area contributed by atoms with Crippen molar-refractivity contribution in [2.75, 3.05) is 19.7 Å². The van der Waals surface area contributed by atoms with E-state index >= 15 is 0 Å². The Morgan fingerprint density at radius 1 is 1.30 bits per heavy atom. The number of aliphatic imine (C=N–C) groups is 1. The topological polar surface area (TPSA) is 54.9 Å². The van der Waals surface area contributed by atoms with Gasteiger partial charge in [-0.15, -0.1) is 0 Å². The van der Waals surface area contributed by atoms with E-state index in [0.717, 1.165) is 49.0 Å². The summed E-state index contributed by atoms with van der Waals surface area (Å²) < 4.78 is 11.7. The van der Waals surface area contributed by atoms with Crippen LogP contribution in [-0.4, -0.2) is 31.8 Å². The first-order chi connectivity index (χ1) is 11.2. The highest BCUT2D eigenvalue weighted by molar-refractivity contribution is 5.79. The van der Waals surface area contributed by atoms with Crippen LogP contribution in [0, 0.1) is 0 Å². The van der Waals surface area contributed by atoms with Gasteiger partial charge in [0.05, 0.1) is 13.2 Å². The fourth-order valence-electron chi connectivity index (χ4n) is 2.64. The summed E-state index contributed by atoms with van der Waals surface area (Å²) in [4.78, 5) is 4.67. The van der Waals surface area contributed by atoms with Crippen molar-refractivity contribution in [1.82, 2.24) is 10.6 Å². The first-order valence-electron chi connectivity index (χ1n) is 8.65. The van der Waals surface area contributed by atoms with Gasteiger partial charge in [-0.1, -0.05) is 6.92 Å². The Labute approximate surface area is 139 Å². The van der Waals surface area contributed by atoms with Crippen molar-refractivity contribution in [3.05, 3.63) is 23.3 Å². The first kappa shape index (κ1) is 17.4. The predicted molar refractivity (Wildman–Crippen MR) is 94.5 cm³/mol. The third-order valence-corrected chi connectivity index (χ3v) is 3.67. The van der Waals surface area contributed by atoms with Gasteiger partial charge < -0.3 is 20.1 Å². The summed E-state index contributed by atoms with van der Waals surface area (Å²) >= 11 is 0. The van der Waals surface area contributed by atoms with Gasteiger partial charge in [-0.2, -0.15) is 0 Å². The van der Waals surface area contributed by atoms with E-state index in [2.05, 4.69) is 48.5 Å². The Hall–Kier alpha value is -1.91. The summed E-state index contributed by atoms with van der Waals surface area (Å²) in [5.74, 6) is 2.73. The average Bonchev–Trinajstić information content (AvgIpc) is 2.89. The molecule has 0 bridgehead atoms. The second-order valence-electron chi connectivity index (χ2n) is 5.76. The number of benzene rings is 1. The lowest BCUT2D eigenvalue weighted by Crippen LogP contribution is -2.37. The van der Waals surface area contributed by atoms with Gasteiger partial charge >= 0.3 is 0 Å². The van der Waals surface area contributed by atoms with Gasteiger partial charge in [-0.3, -0.25) is 0 Å². The van der Waals surface area contributed by atoms with Gasteiger partial charge in [0, 0.05) is 30.6 Å². The highest BCUT2D eigenvalue weighted by Crippen LogP contribution is 2.35. The molecule has 0 saturated heterocycles. The van der Waals surface area contributed by atoms with Crippen LogP contribution >= 0.6 is 0 Å². The average molecular weight is 319 g/mol. The van der Waals surface area contributed by atoms with E-state index in [9.17, 15) is 0 Å². The molecule has 0 radical (unpaired) electrons. The highest BCUT2D eigenvalue weighted by atomic mass is 16.5. The van der Waals surface area contributed by atoms with Gasteiger partial charge in [-0.05, 0) is 39.3 Å². The van der Waals surface area contributed by atoms with Crippen LogP contribution in [0.4, 0.5) is 0 Å². The summed E-state index contributed by atoms with van der Waals surface area (Å²) in [6.45, 7) is 11.3. The van der Waals surface area contributed by atoms with E-state index in [0.29, 0.717) is 13.2 Å². The van der Waals surface area contributed by atoms with E-state index in [4.69, 9.17) is 9.47 Å². The summed E-state index contributed by atoms with van der Waals surface area (Å²) in [6.07, 6.45) is 2.25. The van der Waals surface area contributed by atoms with Crippen LogP contribution in [0.5, 0.6) is 11.5 Å². The second kappa shape index (κ2) is 8.65. The van der Waals surface area contributed by atoms with Crippen LogP contribution in [0.1, 0.15) is 45.2 Å². The Balaban J connectivity index is 2.18. The van der Waals surface area contributed by atoms with E-state index in [1.165, 1.54) is 5.56 Å². The third kappa shape index (κ3) is 4.78. The number of nitrogens with one attached hydrogen (secondary N) is 2. The molecule has 5 heteroatoms. The SMILES string of the molecule is CCCNC(=NCc1cc2c(cc1OCC)CC(C)O2)NCC. The van der Waals surface area contributed by atoms with E-state index < -0.39 is 0 Å². The Kier molecular flexibility index (Phi) is 6.56. The first-order valence-corrected chi connectivity index (χ1v) is 8.65. The van der Waals surface area contributed by atoms with Crippen molar-refractivity contribution < 1.29 is 9.47 Å². The molecule has 0 aromatic heterocycles. The second-order valence-corrected chi connectivity index (χ2v) is 5.76. The zero-order chi connectivity index (χ0) is 16.7. The van der Waals surface area contributed by atoms with Crippen LogP contribution in [0.2, 0.25) is 0 Å². The number of guanidine groups is 1. The lowest BCUT2D eigenvalue weighted by molar-refractivity contribution is 0.254. The number of rotatable bonds is 7. The lowest BCUT2D eigenvalue weighted by Gasteiger charge is -2.13. The molecule has 1 heterocycles. The smallest absolute Gasteiger partial charge is 0.191 e. The van der Waals surface area contributed by atoms with Crippen molar-refractivity contribution in [3.8, 4) is 11.5 Å². The van der Waals surface area contributed by atoms with Crippen LogP contribution in [-0.2, 0) is 13.0 Å². The summed E-state index contributed by atoms with van der Waals surface area (Å²) in [5.41, 5.74) is 2.29. The molecule has 23 heavy (non-hydrogen) atoms. The molecule has 2 rings (SSSR count). The molecule has 1 atom stereocenters. The highest BCUT2D eigenvalue weighted by Gasteiger charge is 2.21. The van der Waals surface area contributed by atoms with Gasteiger partial charge in [0.25, 0.3) is 0 Å². The maximum absolute atomic E-state index is 5.86. The number of hydrogen-bond donors (Lipinski definition) is 2. The van der Waals surface area contributed by atoms with E-state index in [1.807, 2.05) is 6.92 Å². The molecule has 128 valence electrons. The quantitative estimate of drug-likeness (QED) is 0.599. The molecular weight excluding hydrogens is 290 g/mol. The molecule has 1 aliphatic rings. The van der Waals surface area contributed by atoms with Crippen molar-refractivity contribution in [3.63, 3.8) is 0 Å². The molecular formula is C18H29N3O2. The lowest BCUT2D eigenvalue weighted by atomic mass is 10.1. The van der Waals surface area contributed by atoms with Crippen molar-refractivity contribution >= 4 is 5.96 Å². The predicted octanol–water partition coefficient (Wildman–Crippen LogP) is 2.87. The number of hydrogen-bond acceptors (Lipinski definition) is 3. The molecule has 0 fully saturated rings. The van der Waals surface area contributed by atoms with Crippen molar-refractivity contribution in [1.29, 1.82) is 0 Å². The molecule has 1 unspecified atom stereocenters. The van der Waals surface area contributed by atoms with Gasteiger partial charge in [0.1, 0.15) is 17.6 Å². The molecule has 1 aromatic rings. The summed E-state index contributed by atoms with van der Waals surface area (Å²) in [5, 5.41) is 6.58. The zero-order valence-electron chi connectivity index (χ0n) is 14.7. The summed E-state index contributed by atoms with van der Waals surface area (Å²) in [7, 11) is 0. The fraction of sp³-hybridized carbons (Fsp3) is 0.611. The minimum atomic E-state index is 0.238. The van der Waals surface area contributed by atoms with Gasteiger partial charge in [-0.25, -0.2) is 4.99 Å². The Morgan fingerprint density at radius 3 is 2.83 bits per heavy atom. The standard InChI is InChI=1S/C18H29N3O2/c1-5-8-20-18(19-6-2)21-12-15-11-17-14(9-13(4)23-17)10-16(15)22-7-3/h10-11,13H,5-9,12H2,1-4H3,(H2,19,20,21). The van der Waals surface area contributed by atoms with Crippen LogP contribution in [0.25, 0.3) is 0 Å². The largest absolute Gasteiger partial charge is 0.494 e. The number of ether oxygens (including phenoxy) is 2. The maximum Gasteiger partial charge on any atom is 0.191 e. The molecule has 1 aromatic carbocycles. The van der Waals surface area contributed by atoms with E-state index in [-0.39, 0.29) is 6.10 Å². The number of nitrogens with zero attached hydrogens (tertiary/aromatic N) is 1. The molecule has 0 saturated carbocycles. The van der Waals surface area contributed by atoms with Crippen molar-refractivity contribution in [2.45, 2.75) is 53.2 Å². The zero-order valence-corrected chi connectivity index (χ0v) is 14.7. The molecule has 5 nitrogen and oxygen atoms in total. The summed E-state index contributed by atoms with van der Waals surface area (Å²) in [6, 6.07) is 4.19. The molecule has 0 spiro atoms. The monoisotopic (exact) mass is 319 g/mol. The molecule has 2 N–H and O–H groups in total. The minimum Gasteiger partial charge on any atom is -0.494 e. The van der Waals surface area contributed by atoms with Crippen LogP contribution in [0.15, 0.2) is 17.1 Å². The maximum atomic E-state index is 5.86. The Bertz CT molecular complexity index is 543. The molecule has 1 aliphatic heterocycles. The van der Waals surface area contributed by atoms with Gasteiger partial charge in [0.2, 0.25) is 0 Å². The molecule has 0 aliphatic carbocycles. The Morgan fingerprint density at radius 2 is 2.13 bits per heavy atom. The minimum absolute atomic E-state index is 0.238. The van der Waals surface area contributed by atoms with Crippen LogP contribution < -0.4 is 20.1 Å². The van der Waals surface area contributed by atoms with Gasteiger partial charge in [0.15, 0.2) is 5.96 Å². The number of fused-ring (bicyclic) bond motifs is 1.